The number of primary amides is 1. The number of rotatable bonds is 3. The van der Waals surface area contributed by atoms with Crippen LogP contribution in [0.25, 0.3) is 0 Å². The van der Waals surface area contributed by atoms with Crippen LogP contribution in [0.3, 0.4) is 0 Å². The number of benzene rings is 2. The average molecular weight is 269 g/mol. The van der Waals surface area contributed by atoms with Crippen LogP contribution in [0.5, 0.6) is 0 Å². The highest BCUT2D eigenvalue weighted by molar-refractivity contribution is 5.95. The molecular formula is C16H19N3O. The molecule has 0 heterocycles. The number of nitrogens with two attached hydrogens (primary N) is 2. The second kappa shape index (κ2) is 5.25. The Hall–Kier alpha value is -2.49. The van der Waals surface area contributed by atoms with Crippen molar-refractivity contribution in [3.8, 4) is 0 Å². The molecule has 2 aromatic carbocycles. The first-order valence-corrected chi connectivity index (χ1v) is 6.42. The van der Waals surface area contributed by atoms with Gasteiger partial charge in [-0.05, 0) is 50.1 Å². The predicted molar refractivity (Wildman–Crippen MR) is 83.3 cm³/mol. The highest BCUT2D eigenvalue weighted by Gasteiger charge is 2.09. The van der Waals surface area contributed by atoms with Gasteiger partial charge in [0.2, 0.25) is 5.91 Å². The molecule has 0 spiro atoms. The molecule has 0 fully saturated rings. The minimum atomic E-state index is -0.467. The third kappa shape index (κ3) is 2.74. The average Bonchev–Trinajstić information content (AvgIpc) is 2.35. The van der Waals surface area contributed by atoms with Crippen LogP contribution >= 0.6 is 0 Å². The maximum absolute atomic E-state index is 11.2. The minimum absolute atomic E-state index is 0.434. The summed E-state index contributed by atoms with van der Waals surface area (Å²) in [6.45, 7) is 6.14. The number of nitrogens with one attached hydrogen (secondary N) is 1. The number of anilines is 3. The van der Waals surface area contributed by atoms with Gasteiger partial charge in [-0.3, -0.25) is 4.79 Å². The van der Waals surface area contributed by atoms with E-state index >= 15 is 0 Å². The molecule has 0 aliphatic rings. The lowest BCUT2D eigenvalue weighted by Gasteiger charge is -2.16. The third-order valence-corrected chi connectivity index (χ3v) is 3.27. The van der Waals surface area contributed by atoms with Gasteiger partial charge < -0.3 is 16.8 Å². The molecule has 4 nitrogen and oxygen atoms in total. The van der Waals surface area contributed by atoms with Gasteiger partial charge in [-0.1, -0.05) is 17.7 Å². The highest BCUT2D eigenvalue weighted by atomic mass is 16.1. The van der Waals surface area contributed by atoms with Crippen molar-refractivity contribution in [2.45, 2.75) is 20.8 Å². The molecule has 0 aliphatic carbocycles. The Morgan fingerprint density at radius 3 is 2.20 bits per heavy atom. The summed E-state index contributed by atoms with van der Waals surface area (Å²) in [6.07, 6.45) is 0. The normalized spacial score (nSPS) is 10.3. The fourth-order valence-electron chi connectivity index (χ4n) is 2.33. The Morgan fingerprint density at radius 1 is 1.05 bits per heavy atom. The zero-order valence-electron chi connectivity index (χ0n) is 11.9. The van der Waals surface area contributed by atoms with Crippen LogP contribution in [0.1, 0.15) is 27.0 Å². The quantitative estimate of drug-likeness (QED) is 0.749. The molecule has 104 valence electrons. The highest BCUT2D eigenvalue weighted by Crippen LogP contribution is 2.29. The molecule has 0 unspecified atom stereocenters. The Morgan fingerprint density at radius 2 is 1.65 bits per heavy atom. The SMILES string of the molecule is Cc1cc(C)c(Nc2cc(C(N)=O)ccc2N)c(C)c1. The Kier molecular flexibility index (Phi) is 3.66. The molecule has 1 amide bonds. The van der Waals surface area contributed by atoms with E-state index < -0.39 is 5.91 Å². The number of carbonyl (C=O) groups excluding carboxylic acids is 1. The van der Waals surface area contributed by atoms with E-state index in [-0.39, 0.29) is 0 Å². The largest absolute Gasteiger partial charge is 0.397 e. The van der Waals surface area contributed by atoms with Crippen molar-refractivity contribution in [1.29, 1.82) is 0 Å². The van der Waals surface area contributed by atoms with Gasteiger partial charge >= 0.3 is 0 Å². The van der Waals surface area contributed by atoms with E-state index in [1.165, 1.54) is 5.56 Å². The predicted octanol–water partition coefficient (Wildman–Crippen LogP) is 3.04. The van der Waals surface area contributed by atoms with Gasteiger partial charge in [0, 0.05) is 11.3 Å². The zero-order valence-corrected chi connectivity index (χ0v) is 11.9. The third-order valence-electron chi connectivity index (χ3n) is 3.27. The lowest BCUT2D eigenvalue weighted by atomic mass is 10.0. The van der Waals surface area contributed by atoms with Crippen molar-refractivity contribution in [2.75, 3.05) is 11.1 Å². The number of aryl methyl sites for hydroxylation is 3. The Bertz CT molecular complexity index is 654. The van der Waals surface area contributed by atoms with Crippen LogP contribution in [0.4, 0.5) is 17.1 Å². The summed E-state index contributed by atoms with van der Waals surface area (Å²) in [5, 5.41) is 3.30. The van der Waals surface area contributed by atoms with Crippen molar-refractivity contribution >= 4 is 23.0 Å². The van der Waals surface area contributed by atoms with Crippen LogP contribution in [-0.4, -0.2) is 5.91 Å². The molecule has 2 aromatic rings. The van der Waals surface area contributed by atoms with Gasteiger partial charge in [0.1, 0.15) is 0 Å². The van der Waals surface area contributed by atoms with Gasteiger partial charge in [-0.15, -0.1) is 0 Å². The van der Waals surface area contributed by atoms with Crippen LogP contribution in [0.2, 0.25) is 0 Å². The maximum Gasteiger partial charge on any atom is 0.248 e. The Balaban J connectivity index is 2.45. The van der Waals surface area contributed by atoms with Crippen molar-refractivity contribution in [2.24, 2.45) is 5.73 Å². The summed E-state index contributed by atoms with van der Waals surface area (Å²) in [7, 11) is 0. The molecule has 0 aromatic heterocycles. The molecule has 0 saturated heterocycles. The molecule has 4 heteroatoms. The van der Waals surface area contributed by atoms with E-state index in [0.29, 0.717) is 16.9 Å². The number of hydrogen-bond donors (Lipinski definition) is 3. The van der Waals surface area contributed by atoms with Crippen molar-refractivity contribution in [3.05, 3.63) is 52.6 Å². The molecule has 0 bridgehead atoms. The lowest BCUT2D eigenvalue weighted by Crippen LogP contribution is -2.11. The Labute approximate surface area is 118 Å². The van der Waals surface area contributed by atoms with Crippen LogP contribution in [-0.2, 0) is 0 Å². The van der Waals surface area contributed by atoms with E-state index in [4.69, 9.17) is 11.5 Å². The van der Waals surface area contributed by atoms with Gasteiger partial charge in [-0.2, -0.15) is 0 Å². The number of nitrogen functional groups attached to an aromatic ring is 1. The number of hydrogen-bond acceptors (Lipinski definition) is 3. The van der Waals surface area contributed by atoms with Gasteiger partial charge in [0.25, 0.3) is 0 Å². The van der Waals surface area contributed by atoms with E-state index in [9.17, 15) is 4.79 Å². The first-order valence-electron chi connectivity index (χ1n) is 6.42. The summed E-state index contributed by atoms with van der Waals surface area (Å²) in [5.74, 6) is -0.467. The minimum Gasteiger partial charge on any atom is -0.397 e. The van der Waals surface area contributed by atoms with Crippen LogP contribution in [0, 0.1) is 20.8 Å². The molecule has 20 heavy (non-hydrogen) atoms. The zero-order chi connectivity index (χ0) is 14.9. The van der Waals surface area contributed by atoms with Crippen molar-refractivity contribution in [1.82, 2.24) is 0 Å². The van der Waals surface area contributed by atoms with E-state index in [1.807, 2.05) is 13.8 Å². The summed E-state index contributed by atoms with van der Waals surface area (Å²) in [4.78, 5) is 11.2. The fraction of sp³-hybridized carbons (Fsp3) is 0.188. The van der Waals surface area contributed by atoms with E-state index in [0.717, 1.165) is 16.8 Å². The monoisotopic (exact) mass is 269 g/mol. The maximum atomic E-state index is 11.2. The summed E-state index contributed by atoms with van der Waals surface area (Å²) < 4.78 is 0. The van der Waals surface area contributed by atoms with Gasteiger partial charge in [0.15, 0.2) is 0 Å². The van der Waals surface area contributed by atoms with Gasteiger partial charge in [0.05, 0.1) is 11.4 Å². The lowest BCUT2D eigenvalue weighted by molar-refractivity contribution is 0.100. The molecular weight excluding hydrogens is 250 g/mol. The second-order valence-corrected chi connectivity index (χ2v) is 5.06. The van der Waals surface area contributed by atoms with E-state index in [1.54, 1.807) is 18.2 Å². The van der Waals surface area contributed by atoms with Crippen LogP contribution < -0.4 is 16.8 Å². The molecule has 0 atom stereocenters. The van der Waals surface area contributed by atoms with Gasteiger partial charge in [-0.25, -0.2) is 0 Å². The molecule has 0 aliphatic heterocycles. The molecule has 0 radical (unpaired) electrons. The fourth-order valence-corrected chi connectivity index (χ4v) is 2.33. The number of amides is 1. The summed E-state index contributed by atoms with van der Waals surface area (Å²) in [6, 6.07) is 9.18. The topological polar surface area (TPSA) is 81.1 Å². The van der Waals surface area contributed by atoms with Crippen molar-refractivity contribution in [3.63, 3.8) is 0 Å². The number of carbonyl (C=O) groups is 1. The summed E-state index contributed by atoms with van der Waals surface area (Å²) in [5.41, 5.74) is 17.4. The van der Waals surface area contributed by atoms with Crippen LogP contribution in [0.15, 0.2) is 30.3 Å². The molecule has 5 N–H and O–H groups in total. The van der Waals surface area contributed by atoms with E-state index in [2.05, 4.69) is 24.4 Å². The smallest absolute Gasteiger partial charge is 0.248 e. The summed E-state index contributed by atoms with van der Waals surface area (Å²) >= 11 is 0. The second-order valence-electron chi connectivity index (χ2n) is 5.06. The molecule has 2 rings (SSSR count). The van der Waals surface area contributed by atoms with Crippen molar-refractivity contribution < 1.29 is 4.79 Å². The molecule has 0 saturated carbocycles. The standard InChI is InChI=1S/C16H19N3O/c1-9-6-10(2)15(11(3)7-9)19-14-8-12(16(18)20)4-5-13(14)17/h4-8,19H,17H2,1-3H3,(H2,18,20). The first-order chi connectivity index (χ1) is 9.38. The first kappa shape index (κ1) is 13.9.